The van der Waals surface area contributed by atoms with Crippen molar-refractivity contribution in [1.29, 1.82) is 0 Å². The number of rotatable bonds is 4. The van der Waals surface area contributed by atoms with Gasteiger partial charge in [-0.05, 0) is 23.8 Å². The summed E-state index contributed by atoms with van der Waals surface area (Å²) < 4.78 is 0. The molecule has 0 saturated carbocycles. The van der Waals surface area contributed by atoms with Crippen LogP contribution in [-0.2, 0) is 6.42 Å². The molecule has 0 bridgehead atoms. The fourth-order valence-corrected chi connectivity index (χ4v) is 2.36. The largest absolute Gasteiger partial charge is 0.0925 e. The van der Waals surface area contributed by atoms with Gasteiger partial charge in [-0.1, -0.05) is 60.1 Å². The first kappa shape index (κ1) is 10.8. The van der Waals surface area contributed by atoms with Crippen LogP contribution in [-0.4, -0.2) is 5.33 Å². The molecular formula is C12H17Br. The molecule has 0 aliphatic carbocycles. The summed E-state index contributed by atoms with van der Waals surface area (Å²) in [6, 6.07) is 10.7. The molecule has 0 saturated heterocycles. The molecule has 0 N–H and O–H groups in total. The lowest BCUT2D eigenvalue weighted by Gasteiger charge is -2.17. The van der Waals surface area contributed by atoms with Crippen LogP contribution < -0.4 is 0 Å². The van der Waals surface area contributed by atoms with Crippen LogP contribution in [0.25, 0.3) is 0 Å². The summed E-state index contributed by atoms with van der Waals surface area (Å²) in [6.07, 6.45) is 1.18. The Bertz CT molecular complexity index is 228. The fourth-order valence-electron chi connectivity index (χ4n) is 1.39. The molecule has 0 spiro atoms. The van der Waals surface area contributed by atoms with E-state index in [2.05, 4.69) is 60.1 Å². The van der Waals surface area contributed by atoms with E-state index >= 15 is 0 Å². The van der Waals surface area contributed by atoms with Crippen molar-refractivity contribution >= 4 is 15.9 Å². The highest BCUT2D eigenvalue weighted by molar-refractivity contribution is 9.09. The van der Waals surface area contributed by atoms with Crippen LogP contribution in [0, 0.1) is 11.8 Å². The summed E-state index contributed by atoms with van der Waals surface area (Å²) in [5, 5.41) is 1.10. The van der Waals surface area contributed by atoms with Gasteiger partial charge in [-0.25, -0.2) is 0 Å². The highest BCUT2D eigenvalue weighted by Crippen LogP contribution is 2.18. The van der Waals surface area contributed by atoms with Gasteiger partial charge in [0.1, 0.15) is 0 Å². The van der Waals surface area contributed by atoms with Crippen LogP contribution in [0.3, 0.4) is 0 Å². The molecular weight excluding hydrogens is 224 g/mol. The summed E-state index contributed by atoms with van der Waals surface area (Å²) in [5.41, 5.74) is 1.45. The van der Waals surface area contributed by atoms with Crippen LogP contribution in [0.5, 0.6) is 0 Å². The summed E-state index contributed by atoms with van der Waals surface area (Å²) in [5.74, 6) is 1.50. The Hall–Kier alpha value is -0.300. The highest BCUT2D eigenvalue weighted by atomic mass is 79.9. The topological polar surface area (TPSA) is 0 Å². The maximum Gasteiger partial charge on any atom is 0.00652 e. The third-order valence-corrected chi connectivity index (χ3v) is 3.31. The second-order valence-corrected chi connectivity index (χ2v) is 4.50. The molecule has 0 amide bonds. The van der Waals surface area contributed by atoms with Crippen molar-refractivity contribution < 1.29 is 0 Å². The van der Waals surface area contributed by atoms with Crippen molar-refractivity contribution in [3.8, 4) is 0 Å². The normalized spacial score (nSPS) is 13.2. The zero-order valence-electron chi connectivity index (χ0n) is 8.33. The second-order valence-electron chi connectivity index (χ2n) is 3.85. The van der Waals surface area contributed by atoms with Gasteiger partial charge in [0.05, 0.1) is 0 Å². The molecule has 13 heavy (non-hydrogen) atoms. The highest BCUT2D eigenvalue weighted by Gasteiger charge is 2.11. The van der Waals surface area contributed by atoms with Gasteiger partial charge in [0.25, 0.3) is 0 Å². The number of hydrogen-bond donors (Lipinski definition) is 0. The van der Waals surface area contributed by atoms with Crippen molar-refractivity contribution in [2.45, 2.75) is 20.3 Å². The van der Waals surface area contributed by atoms with Crippen LogP contribution in [0.1, 0.15) is 19.4 Å². The molecule has 0 aromatic heterocycles. The van der Waals surface area contributed by atoms with Crippen LogP contribution >= 0.6 is 15.9 Å². The minimum atomic E-state index is 0.750. The maximum absolute atomic E-state index is 3.57. The van der Waals surface area contributed by atoms with E-state index in [1.54, 1.807) is 0 Å². The lowest BCUT2D eigenvalue weighted by Crippen LogP contribution is -2.13. The minimum Gasteiger partial charge on any atom is -0.0925 e. The summed E-state index contributed by atoms with van der Waals surface area (Å²) in [7, 11) is 0. The van der Waals surface area contributed by atoms with E-state index in [1.165, 1.54) is 12.0 Å². The number of hydrogen-bond acceptors (Lipinski definition) is 0. The van der Waals surface area contributed by atoms with Gasteiger partial charge in [0, 0.05) is 5.33 Å². The van der Waals surface area contributed by atoms with Crippen molar-refractivity contribution in [1.82, 2.24) is 0 Å². The predicted molar refractivity (Wildman–Crippen MR) is 62.3 cm³/mol. The Morgan fingerprint density at radius 1 is 1.15 bits per heavy atom. The molecule has 1 heteroatoms. The first-order valence-corrected chi connectivity index (χ1v) is 5.96. The molecule has 1 rings (SSSR count). The average Bonchev–Trinajstić information content (AvgIpc) is 2.15. The SMILES string of the molecule is CC(C)C(CBr)Cc1ccccc1. The predicted octanol–water partition coefficient (Wildman–Crippen LogP) is 3.90. The van der Waals surface area contributed by atoms with Crippen molar-refractivity contribution in [3.63, 3.8) is 0 Å². The Morgan fingerprint density at radius 2 is 1.77 bits per heavy atom. The number of alkyl halides is 1. The second kappa shape index (κ2) is 5.43. The molecule has 0 radical (unpaired) electrons. The van der Waals surface area contributed by atoms with E-state index in [4.69, 9.17) is 0 Å². The molecule has 1 aromatic rings. The number of benzene rings is 1. The Morgan fingerprint density at radius 3 is 2.23 bits per heavy atom. The molecule has 0 aliphatic heterocycles. The standard InChI is InChI=1S/C12H17Br/c1-10(2)12(9-13)8-11-6-4-3-5-7-11/h3-7,10,12H,8-9H2,1-2H3. The Kier molecular flexibility index (Phi) is 4.51. The molecule has 1 unspecified atom stereocenters. The smallest absolute Gasteiger partial charge is 0.00652 e. The monoisotopic (exact) mass is 240 g/mol. The molecule has 0 nitrogen and oxygen atoms in total. The summed E-state index contributed by atoms with van der Waals surface area (Å²) in [4.78, 5) is 0. The Balaban J connectivity index is 2.57. The zero-order chi connectivity index (χ0) is 9.68. The van der Waals surface area contributed by atoms with Gasteiger partial charge in [-0.2, -0.15) is 0 Å². The van der Waals surface area contributed by atoms with Crippen LogP contribution in [0.15, 0.2) is 30.3 Å². The van der Waals surface area contributed by atoms with E-state index in [1.807, 2.05) is 0 Å². The average molecular weight is 241 g/mol. The quantitative estimate of drug-likeness (QED) is 0.701. The van der Waals surface area contributed by atoms with Crippen molar-refractivity contribution in [2.75, 3.05) is 5.33 Å². The minimum absolute atomic E-state index is 0.750. The molecule has 0 heterocycles. The summed E-state index contributed by atoms with van der Waals surface area (Å²) in [6.45, 7) is 4.57. The van der Waals surface area contributed by atoms with Gasteiger partial charge < -0.3 is 0 Å². The maximum atomic E-state index is 3.57. The van der Waals surface area contributed by atoms with Crippen molar-refractivity contribution in [3.05, 3.63) is 35.9 Å². The fraction of sp³-hybridized carbons (Fsp3) is 0.500. The van der Waals surface area contributed by atoms with Crippen LogP contribution in [0.4, 0.5) is 0 Å². The van der Waals surface area contributed by atoms with Gasteiger partial charge >= 0.3 is 0 Å². The molecule has 1 atom stereocenters. The van der Waals surface area contributed by atoms with Crippen LogP contribution in [0.2, 0.25) is 0 Å². The lowest BCUT2D eigenvalue weighted by molar-refractivity contribution is 0.427. The van der Waals surface area contributed by atoms with E-state index in [0.717, 1.165) is 17.2 Å². The molecule has 72 valence electrons. The van der Waals surface area contributed by atoms with E-state index < -0.39 is 0 Å². The third kappa shape index (κ3) is 3.51. The number of halogens is 1. The van der Waals surface area contributed by atoms with Crippen molar-refractivity contribution in [2.24, 2.45) is 11.8 Å². The molecule has 0 aliphatic rings. The van der Waals surface area contributed by atoms with E-state index in [-0.39, 0.29) is 0 Å². The van der Waals surface area contributed by atoms with Gasteiger partial charge in [-0.15, -0.1) is 0 Å². The zero-order valence-corrected chi connectivity index (χ0v) is 9.92. The molecule has 1 aromatic carbocycles. The Labute approximate surface area is 89.5 Å². The third-order valence-electron chi connectivity index (χ3n) is 2.48. The van der Waals surface area contributed by atoms with Gasteiger partial charge in [0.15, 0.2) is 0 Å². The lowest BCUT2D eigenvalue weighted by atomic mass is 9.91. The van der Waals surface area contributed by atoms with Gasteiger partial charge in [-0.3, -0.25) is 0 Å². The first-order valence-electron chi connectivity index (χ1n) is 4.84. The first-order chi connectivity index (χ1) is 6.24. The van der Waals surface area contributed by atoms with E-state index in [9.17, 15) is 0 Å². The molecule has 0 fully saturated rings. The van der Waals surface area contributed by atoms with Gasteiger partial charge in [0.2, 0.25) is 0 Å². The van der Waals surface area contributed by atoms with E-state index in [0.29, 0.717) is 0 Å². The summed E-state index contributed by atoms with van der Waals surface area (Å²) >= 11 is 3.57.